The van der Waals surface area contributed by atoms with Crippen LogP contribution in [0.25, 0.3) is 27.8 Å². The molecule has 0 aliphatic rings. The zero-order chi connectivity index (χ0) is 21.4. The van der Waals surface area contributed by atoms with Gasteiger partial charge in [-0.05, 0) is 24.3 Å². The van der Waals surface area contributed by atoms with E-state index in [0.29, 0.717) is 22.2 Å². The minimum Gasteiger partial charge on any atom is -0.480 e. The van der Waals surface area contributed by atoms with Crippen molar-refractivity contribution >= 4 is 28.5 Å². The second-order valence-electron chi connectivity index (χ2n) is 6.24. The molecule has 0 aliphatic heterocycles. The van der Waals surface area contributed by atoms with Crippen molar-refractivity contribution in [3.63, 3.8) is 0 Å². The number of aromatic nitrogens is 3. The summed E-state index contributed by atoms with van der Waals surface area (Å²) in [5, 5.41) is 4.94. The van der Waals surface area contributed by atoms with Gasteiger partial charge >= 0.3 is 5.97 Å². The molecule has 2 aromatic carbocycles. The number of methoxy groups -OCH3 is 2. The largest absolute Gasteiger partial charge is 0.480 e. The fourth-order valence-corrected chi connectivity index (χ4v) is 3.40. The van der Waals surface area contributed by atoms with Crippen LogP contribution in [0, 0.1) is 11.6 Å². The molecule has 0 aliphatic carbocycles. The maximum Gasteiger partial charge on any atom is 0.337 e. The van der Waals surface area contributed by atoms with E-state index in [1.165, 1.54) is 26.5 Å². The average molecular weight is 430 g/mol. The van der Waals surface area contributed by atoms with Gasteiger partial charge in [-0.3, -0.25) is 0 Å². The van der Waals surface area contributed by atoms with Crippen LogP contribution in [0.3, 0.4) is 0 Å². The number of benzene rings is 2. The van der Waals surface area contributed by atoms with Gasteiger partial charge in [-0.1, -0.05) is 29.8 Å². The Labute approximate surface area is 174 Å². The van der Waals surface area contributed by atoms with Gasteiger partial charge in [0.15, 0.2) is 11.6 Å². The fourth-order valence-electron chi connectivity index (χ4n) is 3.17. The molecule has 0 bridgehead atoms. The highest BCUT2D eigenvalue weighted by molar-refractivity contribution is 6.35. The van der Waals surface area contributed by atoms with Crippen molar-refractivity contribution in [2.75, 3.05) is 14.2 Å². The molecule has 0 saturated carbocycles. The third-order valence-electron chi connectivity index (χ3n) is 4.54. The summed E-state index contributed by atoms with van der Waals surface area (Å²) in [6.07, 6.45) is 1.32. The average Bonchev–Trinajstić information content (AvgIpc) is 3.15. The van der Waals surface area contributed by atoms with E-state index in [4.69, 9.17) is 21.1 Å². The van der Waals surface area contributed by atoms with Crippen LogP contribution in [0.1, 0.15) is 10.4 Å². The summed E-state index contributed by atoms with van der Waals surface area (Å²) in [5.74, 6) is -1.92. The van der Waals surface area contributed by atoms with Crippen LogP contribution in [0.15, 0.2) is 48.7 Å². The number of ether oxygens (including phenoxy) is 2. The summed E-state index contributed by atoms with van der Waals surface area (Å²) in [6, 6.07) is 9.90. The first-order valence-electron chi connectivity index (χ1n) is 8.70. The van der Waals surface area contributed by atoms with Crippen LogP contribution < -0.4 is 4.74 Å². The van der Waals surface area contributed by atoms with E-state index in [9.17, 15) is 13.6 Å². The van der Waals surface area contributed by atoms with Gasteiger partial charge in [-0.15, -0.1) is 0 Å². The fraction of sp³-hybridized carbons (Fsp3) is 0.0952. The monoisotopic (exact) mass is 429 g/mol. The Morgan fingerprint density at radius 1 is 1.07 bits per heavy atom. The summed E-state index contributed by atoms with van der Waals surface area (Å²) >= 11 is 6.35. The second kappa shape index (κ2) is 7.72. The molecule has 0 atom stereocenters. The smallest absolute Gasteiger partial charge is 0.337 e. The molecule has 0 radical (unpaired) electrons. The van der Waals surface area contributed by atoms with Crippen molar-refractivity contribution in [2.45, 2.75) is 0 Å². The zero-order valence-corrected chi connectivity index (χ0v) is 16.6. The lowest BCUT2D eigenvalue weighted by molar-refractivity contribution is 0.0600. The molecular formula is C21H14ClF2N3O3. The molecule has 0 fully saturated rings. The van der Waals surface area contributed by atoms with Gasteiger partial charge in [0.1, 0.15) is 16.9 Å². The highest BCUT2D eigenvalue weighted by Crippen LogP contribution is 2.39. The Hall–Kier alpha value is -3.52. The molecule has 2 heterocycles. The summed E-state index contributed by atoms with van der Waals surface area (Å²) in [6.45, 7) is 0. The van der Waals surface area contributed by atoms with Crippen LogP contribution in [-0.2, 0) is 4.74 Å². The Bertz CT molecular complexity index is 1250. The Balaban J connectivity index is 2.04. The number of carbonyl (C=O) groups excluding carboxylic acids is 1. The van der Waals surface area contributed by atoms with Crippen molar-refractivity contribution in [3.8, 4) is 22.8 Å². The number of halogens is 3. The molecule has 2 aromatic heterocycles. The molecule has 4 rings (SSSR count). The van der Waals surface area contributed by atoms with E-state index in [2.05, 4.69) is 10.1 Å². The maximum atomic E-state index is 14.5. The Morgan fingerprint density at radius 3 is 2.33 bits per heavy atom. The highest BCUT2D eigenvalue weighted by Gasteiger charge is 2.24. The molecule has 0 N–H and O–H groups in total. The number of hydrogen-bond acceptors (Lipinski definition) is 5. The van der Waals surface area contributed by atoms with E-state index < -0.39 is 17.6 Å². The molecular weight excluding hydrogens is 416 g/mol. The van der Waals surface area contributed by atoms with Gasteiger partial charge in [0, 0.05) is 5.56 Å². The lowest BCUT2D eigenvalue weighted by atomic mass is 10.1. The molecule has 0 spiro atoms. The first kappa shape index (κ1) is 19.8. The molecule has 0 amide bonds. The van der Waals surface area contributed by atoms with E-state index >= 15 is 0 Å². The minimum atomic E-state index is -0.807. The quantitative estimate of drug-likeness (QED) is 0.435. The Morgan fingerprint density at radius 2 is 1.73 bits per heavy atom. The Kier molecular flexibility index (Phi) is 5.09. The van der Waals surface area contributed by atoms with Crippen LogP contribution in [-0.4, -0.2) is 35.0 Å². The minimum absolute atomic E-state index is 0.137. The van der Waals surface area contributed by atoms with Gasteiger partial charge in [0.25, 0.3) is 0 Å². The van der Waals surface area contributed by atoms with Gasteiger partial charge in [-0.25, -0.2) is 23.2 Å². The van der Waals surface area contributed by atoms with Crippen molar-refractivity contribution in [2.24, 2.45) is 0 Å². The predicted octanol–water partition coefficient (Wildman–Crippen LogP) is 4.81. The lowest BCUT2D eigenvalue weighted by Gasteiger charge is -2.08. The summed E-state index contributed by atoms with van der Waals surface area (Å²) in [7, 11) is 2.70. The van der Waals surface area contributed by atoms with Crippen molar-refractivity contribution in [1.29, 1.82) is 0 Å². The third kappa shape index (κ3) is 3.15. The van der Waals surface area contributed by atoms with Crippen LogP contribution in [0.5, 0.6) is 5.88 Å². The first-order chi connectivity index (χ1) is 14.5. The number of esters is 1. The molecule has 4 aromatic rings. The zero-order valence-electron chi connectivity index (χ0n) is 15.8. The number of carbonyl (C=O) groups is 1. The van der Waals surface area contributed by atoms with Crippen molar-refractivity contribution < 1.29 is 23.0 Å². The maximum absolute atomic E-state index is 14.5. The van der Waals surface area contributed by atoms with Crippen LogP contribution in [0.2, 0.25) is 5.02 Å². The van der Waals surface area contributed by atoms with Gasteiger partial charge < -0.3 is 9.47 Å². The second-order valence-corrected chi connectivity index (χ2v) is 6.65. The number of fused-ring (bicyclic) bond motifs is 1. The van der Waals surface area contributed by atoms with Crippen LogP contribution in [0.4, 0.5) is 8.78 Å². The highest BCUT2D eigenvalue weighted by atomic mass is 35.5. The third-order valence-corrected chi connectivity index (χ3v) is 4.82. The van der Waals surface area contributed by atoms with Gasteiger partial charge in [-0.2, -0.15) is 5.10 Å². The molecule has 152 valence electrons. The number of para-hydroxylation sites is 1. The summed E-state index contributed by atoms with van der Waals surface area (Å²) in [4.78, 5) is 15.9. The lowest BCUT2D eigenvalue weighted by Crippen LogP contribution is -2.04. The van der Waals surface area contributed by atoms with Gasteiger partial charge in [0.2, 0.25) is 5.88 Å². The van der Waals surface area contributed by atoms with E-state index in [1.54, 1.807) is 24.3 Å². The van der Waals surface area contributed by atoms with Crippen molar-refractivity contribution in [1.82, 2.24) is 14.8 Å². The summed E-state index contributed by atoms with van der Waals surface area (Å²) < 4.78 is 40.2. The van der Waals surface area contributed by atoms with E-state index in [1.807, 2.05) is 0 Å². The topological polar surface area (TPSA) is 66.2 Å². The molecule has 30 heavy (non-hydrogen) atoms. The molecule has 0 unspecified atom stereocenters. The normalized spacial score (nSPS) is 11.0. The molecule has 0 saturated heterocycles. The number of nitrogens with zero attached hydrogens (tertiary/aromatic N) is 3. The number of rotatable bonds is 4. The predicted molar refractivity (Wildman–Crippen MR) is 107 cm³/mol. The summed E-state index contributed by atoms with van der Waals surface area (Å²) in [5.41, 5.74) is 1.09. The molecule has 9 heteroatoms. The molecule has 6 nitrogen and oxygen atoms in total. The SMILES string of the molecule is COC(=O)c1ccc(-c2nn(-c3c(F)cccc3F)c3c(Cl)cnc(OC)c23)cc1. The standard InChI is InChI=1S/C21H14ClF2N3O3/c1-29-20-16-17(11-6-8-12(9-7-11)21(28)30-2)26-27(18(16)13(22)10-25-20)19-14(23)4-3-5-15(19)24/h3-10H,1-2H3. The van der Waals surface area contributed by atoms with Crippen LogP contribution >= 0.6 is 11.6 Å². The number of pyridine rings is 1. The van der Waals surface area contributed by atoms with E-state index in [-0.39, 0.29) is 22.1 Å². The number of hydrogen-bond donors (Lipinski definition) is 0. The van der Waals surface area contributed by atoms with E-state index in [0.717, 1.165) is 16.8 Å². The first-order valence-corrected chi connectivity index (χ1v) is 9.08. The van der Waals surface area contributed by atoms with Gasteiger partial charge in [0.05, 0.1) is 36.4 Å². The van der Waals surface area contributed by atoms with Crippen molar-refractivity contribution in [3.05, 3.63) is 70.9 Å².